The molecule has 0 aliphatic heterocycles. The molecule has 0 spiro atoms. The average Bonchev–Trinajstić information content (AvgIpc) is 2.50. The SMILES string of the molecule is CC/C=C/CC/C=C/CCCCCCC/C=C/CCC(=O)O. The second kappa shape index (κ2) is 17.7. The first-order valence-corrected chi connectivity index (χ1v) is 8.94. The van der Waals surface area contributed by atoms with Crippen molar-refractivity contribution in [1.29, 1.82) is 0 Å². The van der Waals surface area contributed by atoms with Crippen LogP contribution in [0, 0.1) is 0 Å². The molecular formula is C20H34O2. The van der Waals surface area contributed by atoms with Gasteiger partial charge in [-0.2, -0.15) is 0 Å². The van der Waals surface area contributed by atoms with Gasteiger partial charge in [0.25, 0.3) is 0 Å². The summed E-state index contributed by atoms with van der Waals surface area (Å²) in [5.74, 6) is -0.712. The Balaban J connectivity index is 3.18. The van der Waals surface area contributed by atoms with Crippen LogP contribution >= 0.6 is 0 Å². The van der Waals surface area contributed by atoms with Crippen molar-refractivity contribution in [2.24, 2.45) is 0 Å². The average molecular weight is 306 g/mol. The van der Waals surface area contributed by atoms with Crippen molar-refractivity contribution in [2.45, 2.75) is 84.0 Å². The number of rotatable bonds is 15. The van der Waals surface area contributed by atoms with Crippen molar-refractivity contribution in [2.75, 3.05) is 0 Å². The molecular weight excluding hydrogens is 272 g/mol. The maximum atomic E-state index is 10.3. The number of allylic oxidation sites excluding steroid dienone is 6. The Morgan fingerprint density at radius 2 is 1.14 bits per heavy atom. The normalized spacial score (nSPS) is 12.0. The van der Waals surface area contributed by atoms with Crippen LogP contribution in [0.25, 0.3) is 0 Å². The lowest BCUT2D eigenvalue weighted by Crippen LogP contribution is -1.91. The van der Waals surface area contributed by atoms with Crippen LogP contribution in [0.3, 0.4) is 0 Å². The molecule has 22 heavy (non-hydrogen) atoms. The molecule has 2 heteroatoms. The number of hydrogen-bond donors (Lipinski definition) is 1. The van der Waals surface area contributed by atoms with Gasteiger partial charge in [-0.15, -0.1) is 0 Å². The third kappa shape index (κ3) is 18.7. The van der Waals surface area contributed by atoms with E-state index in [1.54, 1.807) is 0 Å². The van der Waals surface area contributed by atoms with Crippen LogP contribution in [0.2, 0.25) is 0 Å². The molecule has 126 valence electrons. The maximum absolute atomic E-state index is 10.3. The molecule has 0 heterocycles. The Hall–Kier alpha value is -1.31. The Morgan fingerprint density at radius 1 is 0.682 bits per heavy atom. The first-order valence-electron chi connectivity index (χ1n) is 8.94. The van der Waals surface area contributed by atoms with E-state index in [0.29, 0.717) is 6.42 Å². The third-order valence-corrected chi connectivity index (χ3v) is 3.50. The molecule has 0 aromatic rings. The third-order valence-electron chi connectivity index (χ3n) is 3.50. The van der Waals surface area contributed by atoms with E-state index in [2.05, 4.69) is 37.3 Å². The highest BCUT2D eigenvalue weighted by molar-refractivity contribution is 5.66. The van der Waals surface area contributed by atoms with Crippen molar-refractivity contribution >= 4 is 5.97 Å². The fourth-order valence-electron chi connectivity index (χ4n) is 2.21. The second-order valence-electron chi connectivity index (χ2n) is 5.68. The van der Waals surface area contributed by atoms with Crippen molar-refractivity contribution in [3.63, 3.8) is 0 Å². The van der Waals surface area contributed by atoms with Crippen LogP contribution in [0.4, 0.5) is 0 Å². The molecule has 0 bridgehead atoms. The van der Waals surface area contributed by atoms with Crippen LogP contribution < -0.4 is 0 Å². The van der Waals surface area contributed by atoms with Gasteiger partial charge in [0.15, 0.2) is 0 Å². The molecule has 0 saturated heterocycles. The van der Waals surface area contributed by atoms with Crippen molar-refractivity contribution in [1.82, 2.24) is 0 Å². The summed E-state index contributed by atoms with van der Waals surface area (Å²) in [6, 6.07) is 0. The van der Waals surface area contributed by atoms with Gasteiger partial charge in [0.05, 0.1) is 0 Å². The van der Waals surface area contributed by atoms with Crippen LogP contribution in [0.1, 0.15) is 84.0 Å². The molecule has 0 amide bonds. The lowest BCUT2D eigenvalue weighted by molar-refractivity contribution is -0.136. The topological polar surface area (TPSA) is 37.3 Å². The minimum Gasteiger partial charge on any atom is -0.481 e. The first-order chi connectivity index (χ1) is 10.8. The number of carboxylic acid groups (broad SMARTS) is 1. The monoisotopic (exact) mass is 306 g/mol. The lowest BCUT2D eigenvalue weighted by Gasteiger charge is -1.98. The van der Waals surface area contributed by atoms with E-state index in [0.717, 1.165) is 12.8 Å². The summed E-state index contributed by atoms with van der Waals surface area (Å²) >= 11 is 0. The van der Waals surface area contributed by atoms with Gasteiger partial charge in [-0.1, -0.05) is 62.6 Å². The molecule has 0 unspecified atom stereocenters. The minimum absolute atomic E-state index is 0.249. The summed E-state index contributed by atoms with van der Waals surface area (Å²) in [7, 11) is 0. The summed E-state index contributed by atoms with van der Waals surface area (Å²) < 4.78 is 0. The summed E-state index contributed by atoms with van der Waals surface area (Å²) in [4.78, 5) is 10.3. The highest BCUT2D eigenvalue weighted by atomic mass is 16.4. The molecule has 1 N–H and O–H groups in total. The molecule has 0 saturated carbocycles. The van der Waals surface area contributed by atoms with Gasteiger partial charge in [0.2, 0.25) is 0 Å². The van der Waals surface area contributed by atoms with Crippen LogP contribution in [0.5, 0.6) is 0 Å². The quantitative estimate of drug-likeness (QED) is 0.279. The van der Waals surface area contributed by atoms with E-state index in [1.165, 1.54) is 51.4 Å². The summed E-state index contributed by atoms with van der Waals surface area (Å²) in [6.07, 6.45) is 26.4. The summed E-state index contributed by atoms with van der Waals surface area (Å²) in [6.45, 7) is 2.17. The Morgan fingerprint density at radius 3 is 1.68 bits per heavy atom. The van der Waals surface area contributed by atoms with E-state index >= 15 is 0 Å². The molecule has 0 rings (SSSR count). The van der Waals surface area contributed by atoms with Gasteiger partial charge in [0.1, 0.15) is 0 Å². The van der Waals surface area contributed by atoms with Crippen LogP contribution in [-0.2, 0) is 4.79 Å². The van der Waals surface area contributed by atoms with Crippen LogP contribution in [-0.4, -0.2) is 11.1 Å². The van der Waals surface area contributed by atoms with Crippen molar-refractivity contribution in [3.05, 3.63) is 36.5 Å². The van der Waals surface area contributed by atoms with E-state index in [4.69, 9.17) is 5.11 Å². The minimum atomic E-state index is -0.712. The predicted molar refractivity (Wildman–Crippen MR) is 96.1 cm³/mol. The van der Waals surface area contributed by atoms with Gasteiger partial charge in [0, 0.05) is 6.42 Å². The molecule has 0 fully saturated rings. The molecule has 0 radical (unpaired) electrons. The van der Waals surface area contributed by atoms with E-state index in [-0.39, 0.29) is 6.42 Å². The summed E-state index contributed by atoms with van der Waals surface area (Å²) in [5.41, 5.74) is 0. The zero-order valence-electron chi connectivity index (χ0n) is 14.3. The van der Waals surface area contributed by atoms with Gasteiger partial charge < -0.3 is 5.11 Å². The van der Waals surface area contributed by atoms with E-state index in [9.17, 15) is 4.79 Å². The lowest BCUT2D eigenvalue weighted by atomic mass is 10.1. The standard InChI is InChI=1S/C20H34O2/c1-2-3-4-5-6-7-8-9-10-11-12-13-14-15-16-17-18-19-20(21)22/h3-4,7-8,16-17H,2,5-6,9-15,18-19H2,1H3,(H,21,22)/b4-3+,8-7+,17-16+. The number of carbonyl (C=O) groups is 1. The summed E-state index contributed by atoms with van der Waals surface area (Å²) in [5, 5.41) is 8.50. The number of aliphatic carboxylic acids is 1. The number of hydrogen-bond acceptors (Lipinski definition) is 1. The number of carboxylic acids is 1. The molecule has 0 aromatic carbocycles. The number of unbranched alkanes of at least 4 members (excludes halogenated alkanes) is 7. The van der Waals surface area contributed by atoms with E-state index in [1.807, 2.05) is 6.08 Å². The van der Waals surface area contributed by atoms with Crippen LogP contribution in [0.15, 0.2) is 36.5 Å². The zero-order valence-corrected chi connectivity index (χ0v) is 14.3. The van der Waals surface area contributed by atoms with Crippen molar-refractivity contribution in [3.8, 4) is 0 Å². The predicted octanol–water partition coefficient (Wildman–Crippen LogP) is 6.44. The Kier molecular flexibility index (Phi) is 16.7. The largest absolute Gasteiger partial charge is 0.481 e. The fourth-order valence-corrected chi connectivity index (χ4v) is 2.21. The van der Waals surface area contributed by atoms with Gasteiger partial charge in [-0.25, -0.2) is 0 Å². The highest BCUT2D eigenvalue weighted by Crippen LogP contribution is 2.08. The zero-order chi connectivity index (χ0) is 16.3. The maximum Gasteiger partial charge on any atom is 0.303 e. The first kappa shape index (κ1) is 20.7. The molecule has 0 aliphatic rings. The molecule has 0 aromatic heterocycles. The Labute approximate surface area is 137 Å². The second-order valence-corrected chi connectivity index (χ2v) is 5.68. The van der Waals surface area contributed by atoms with Gasteiger partial charge in [-0.05, 0) is 51.4 Å². The smallest absolute Gasteiger partial charge is 0.303 e. The van der Waals surface area contributed by atoms with Gasteiger partial charge in [-0.3, -0.25) is 4.79 Å². The Bertz CT molecular complexity index is 327. The van der Waals surface area contributed by atoms with E-state index < -0.39 is 5.97 Å². The van der Waals surface area contributed by atoms with Crippen molar-refractivity contribution < 1.29 is 9.90 Å². The highest BCUT2D eigenvalue weighted by Gasteiger charge is 1.92. The fraction of sp³-hybridized carbons (Fsp3) is 0.650. The molecule has 2 nitrogen and oxygen atoms in total. The molecule has 0 atom stereocenters. The molecule has 0 aliphatic carbocycles. The van der Waals surface area contributed by atoms with Gasteiger partial charge >= 0.3 is 5.97 Å².